The number of rotatable bonds is 4. The second-order valence-electron chi connectivity index (χ2n) is 4.28. The highest BCUT2D eigenvalue weighted by molar-refractivity contribution is 5.96. The van der Waals surface area contributed by atoms with Crippen molar-refractivity contribution in [2.45, 2.75) is 31.2 Å². The zero-order valence-corrected chi connectivity index (χ0v) is 12.3. The zero-order valence-electron chi connectivity index (χ0n) is 10.7. The van der Waals surface area contributed by atoms with Crippen molar-refractivity contribution >= 4 is 30.6 Å². The van der Waals surface area contributed by atoms with E-state index in [1.54, 1.807) is 12.4 Å². The van der Waals surface area contributed by atoms with E-state index in [-0.39, 0.29) is 30.6 Å². The number of nitrogens with two attached hydrogens (primary N) is 1. The van der Waals surface area contributed by atoms with E-state index in [1.165, 1.54) is 0 Å². The summed E-state index contributed by atoms with van der Waals surface area (Å²) in [5.41, 5.74) is 5.17. The third-order valence-corrected chi connectivity index (χ3v) is 3.20. The van der Waals surface area contributed by atoms with Crippen LogP contribution in [0.25, 0.3) is 0 Å². The van der Waals surface area contributed by atoms with Crippen LogP contribution in [0.3, 0.4) is 0 Å². The Morgan fingerprint density at radius 1 is 1.53 bits per heavy atom. The molecule has 0 aromatic carbocycles. The van der Waals surface area contributed by atoms with Crippen LogP contribution in [0.2, 0.25) is 0 Å². The summed E-state index contributed by atoms with van der Waals surface area (Å²) in [7, 11) is 0. The summed E-state index contributed by atoms with van der Waals surface area (Å²) in [6.07, 6.45) is 12.3. The largest absolute Gasteiger partial charge is 0.347 e. The number of carbonyl (C=O) groups is 1. The highest BCUT2D eigenvalue weighted by atomic mass is 35.5. The van der Waals surface area contributed by atoms with E-state index in [1.807, 2.05) is 31.2 Å². The van der Waals surface area contributed by atoms with Crippen molar-refractivity contribution in [3.05, 3.63) is 42.5 Å². The van der Waals surface area contributed by atoms with Crippen LogP contribution in [-0.2, 0) is 10.2 Å². The molecule has 0 aliphatic heterocycles. The monoisotopic (exact) mass is 303 g/mol. The van der Waals surface area contributed by atoms with Gasteiger partial charge in [-0.1, -0.05) is 31.2 Å². The van der Waals surface area contributed by atoms with E-state index in [4.69, 9.17) is 5.73 Å². The van der Waals surface area contributed by atoms with Gasteiger partial charge in [-0.2, -0.15) is 0 Å². The number of ketones is 1. The number of allylic oxidation sites excluding steroid dienone is 4. The molecule has 0 saturated carbocycles. The average molecular weight is 304 g/mol. The summed E-state index contributed by atoms with van der Waals surface area (Å²) >= 11 is 0. The van der Waals surface area contributed by atoms with Gasteiger partial charge in [0.25, 0.3) is 0 Å². The second kappa shape index (κ2) is 7.48. The van der Waals surface area contributed by atoms with Gasteiger partial charge >= 0.3 is 0 Å². The molecule has 1 heterocycles. The van der Waals surface area contributed by atoms with E-state index < -0.39 is 11.5 Å². The Kier molecular flexibility index (Phi) is 7.05. The van der Waals surface area contributed by atoms with Gasteiger partial charge in [0.15, 0.2) is 5.78 Å². The van der Waals surface area contributed by atoms with Gasteiger partial charge in [0.1, 0.15) is 11.2 Å². The van der Waals surface area contributed by atoms with Crippen LogP contribution >= 0.6 is 24.8 Å². The average Bonchev–Trinajstić information content (AvgIpc) is 2.92. The van der Waals surface area contributed by atoms with Crippen LogP contribution in [0.4, 0.5) is 0 Å². The van der Waals surface area contributed by atoms with Crippen LogP contribution in [0.5, 0.6) is 0 Å². The van der Waals surface area contributed by atoms with Crippen LogP contribution in [-0.4, -0.2) is 21.8 Å². The van der Waals surface area contributed by atoms with Crippen LogP contribution in [0.1, 0.15) is 25.6 Å². The zero-order chi connectivity index (χ0) is 12.3. The molecule has 6 heteroatoms. The molecule has 1 aliphatic carbocycles. The lowest BCUT2D eigenvalue weighted by atomic mass is 9.74. The summed E-state index contributed by atoms with van der Waals surface area (Å²) < 4.78 is 0. The van der Waals surface area contributed by atoms with Crippen molar-refractivity contribution in [2.75, 3.05) is 0 Å². The molecule has 0 spiro atoms. The van der Waals surface area contributed by atoms with Crippen molar-refractivity contribution < 1.29 is 4.79 Å². The molecule has 0 amide bonds. The number of imidazole rings is 1. The van der Waals surface area contributed by atoms with E-state index >= 15 is 0 Å². The summed E-state index contributed by atoms with van der Waals surface area (Å²) in [5, 5.41) is 0. The molecule has 0 bridgehead atoms. The molecule has 0 radical (unpaired) electrons. The molecule has 2 rings (SSSR count). The van der Waals surface area contributed by atoms with Crippen molar-refractivity contribution in [2.24, 2.45) is 5.73 Å². The smallest absolute Gasteiger partial charge is 0.167 e. The molecule has 19 heavy (non-hydrogen) atoms. The van der Waals surface area contributed by atoms with Gasteiger partial charge in [-0.25, -0.2) is 4.98 Å². The first kappa shape index (κ1) is 17.9. The molecule has 1 aromatic rings. The fourth-order valence-corrected chi connectivity index (χ4v) is 2.12. The minimum atomic E-state index is -0.715. The Balaban J connectivity index is 0.00000162. The lowest BCUT2D eigenvalue weighted by Crippen LogP contribution is -2.46. The van der Waals surface area contributed by atoms with Gasteiger partial charge in [0.05, 0.1) is 6.04 Å². The maximum absolute atomic E-state index is 12.5. The molecular formula is C13H19Cl2N3O. The van der Waals surface area contributed by atoms with Crippen LogP contribution in [0.15, 0.2) is 36.7 Å². The number of H-pyrrole nitrogens is 1. The molecule has 2 unspecified atom stereocenters. The first-order chi connectivity index (χ1) is 8.20. The number of nitrogens with one attached hydrogen (secondary N) is 1. The number of halogens is 2. The van der Waals surface area contributed by atoms with Crippen molar-refractivity contribution in [3.63, 3.8) is 0 Å². The first-order valence-corrected chi connectivity index (χ1v) is 5.85. The summed E-state index contributed by atoms with van der Waals surface area (Å²) in [4.78, 5) is 19.7. The van der Waals surface area contributed by atoms with Gasteiger partial charge in [0, 0.05) is 12.4 Å². The minimum Gasteiger partial charge on any atom is -0.347 e. The maximum Gasteiger partial charge on any atom is 0.167 e. The first-order valence-electron chi connectivity index (χ1n) is 5.85. The Morgan fingerprint density at radius 3 is 2.74 bits per heavy atom. The highest BCUT2D eigenvalue weighted by Crippen LogP contribution is 2.32. The molecular weight excluding hydrogens is 285 g/mol. The topological polar surface area (TPSA) is 71.8 Å². The van der Waals surface area contributed by atoms with Gasteiger partial charge in [-0.05, 0) is 12.8 Å². The normalized spacial score (nSPS) is 22.2. The Morgan fingerprint density at radius 2 is 2.26 bits per heavy atom. The molecule has 0 saturated heterocycles. The number of aromatic amines is 1. The number of Topliss-reactive ketones (excluding diaryl/α,β-unsaturated/α-hetero) is 1. The standard InChI is InChI=1S/C13H17N3O.2ClH/c1-2-10(14)11(17)13(6-4-3-5-7-13)12-15-8-9-16-12;;/h3-6,8-10H,2,7,14H2,1H3,(H,15,16);2*1H. The number of hydrogen-bond donors (Lipinski definition) is 2. The third kappa shape index (κ3) is 3.26. The van der Waals surface area contributed by atoms with Crippen LogP contribution < -0.4 is 5.73 Å². The molecule has 4 nitrogen and oxygen atoms in total. The number of hydrogen-bond acceptors (Lipinski definition) is 3. The van der Waals surface area contributed by atoms with Gasteiger partial charge in [-0.3, -0.25) is 4.79 Å². The number of carbonyl (C=O) groups excluding carboxylic acids is 1. The summed E-state index contributed by atoms with van der Waals surface area (Å²) in [6.45, 7) is 1.92. The van der Waals surface area contributed by atoms with Crippen LogP contribution in [0, 0.1) is 0 Å². The predicted octanol–water partition coefficient (Wildman–Crippen LogP) is 2.31. The van der Waals surface area contributed by atoms with Gasteiger partial charge in [0.2, 0.25) is 0 Å². The summed E-state index contributed by atoms with van der Waals surface area (Å²) in [6, 6.07) is -0.448. The van der Waals surface area contributed by atoms with Crippen molar-refractivity contribution in [1.29, 1.82) is 0 Å². The summed E-state index contributed by atoms with van der Waals surface area (Å²) in [5.74, 6) is 0.697. The van der Waals surface area contributed by atoms with Gasteiger partial charge in [-0.15, -0.1) is 24.8 Å². The Labute approximate surface area is 125 Å². The van der Waals surface area contributed by atoms with Gasteiger partial charge < -0.3 is 10.7 Å². The fraction of sp³-hybridized carbons (Fsp3) is 0.385. The van der Waals surface area contributed by atoms with Crippen molar-refractivity contribution in [3.8, 4) is 0 Å². The predicted molar refractivity (Wildman–Crippen MR) is 80.9 cm³/mol. The molecule has 1 aliphatic rings. The maximum atomic E-state index is 12.5. The second-order valence-corrected chi connectivity index (χ2v) is 4.28. The van der Waals surface area contributed by atoms with E-state index in [0.29, 0.717) is 18.7 Å². The third-order valence-electron chi connectivity index (χ3n) is 3.20. The minimum absolute atomic E-state index is 0. The molecule has 0 fully saturated rings. The molecule has 3 N–H and O–H groups in total. The number of aromatic nitrogens is 2. The fourth-order valence-electron chi connectivity index (χ4n) is 2.12. The highest BCUT2D eigenvalue weighted by Gasteiger charge is 2.41. The van der Waals surface area contributed by atoms with E-state index in [9.17, 15) is 4.79 Å². The number of nitrogens with zero attached hydrogens (tertiary/aromatic N) is 1. The Bertz CT molecular complexity index is 456. The lowest BCUT2D eigenvalue weighted by molar-refractivity contribution is -0.124. The van der Waals surface area contributed by atoms with E-state index in [0.717, 1.165) is 0 Å². The molecule has 2 atom stereocenters. The Hall–Kier alpha value is -1.10. The van der Waals surface area contributed by atoms with E-state index in [2.05, 4.69) is 9.97 Å². The lowest BCUT2D eigenvalue weighted by Gasteiger charge is -2.30. The van der Waals surface area contributed by atoms with Crippen molar-refractivity contribution in [1.82, 2.24) is 9.97 Å². The SMILES string of the molecule is CCC(N)C(=O)C1(c2ncc[nH]2)C=CC=CC1.Cl.Cl. The quantitative estimate of drug-likeness (QED) is 0.896. The molecule has 106 valence electrons. The molecule has 1 aromatic heterocycles.